The summed E-state index contributed by atoms with van der Waals surface area (Å²) in [6.45, 7) is 3.02. The van der Waals surface area contributed by atoms with Crippen LogP contribution in [0.5, 0.6) is 5.75 Å². The van der Waals surface area contributed by atoms with E-state index in [1.165, 1.54) is 49.6 Å². The lowest BCUT2D eigenvalue weighted by atomic mass is 10.3. The van der Waals surface area contributed by atoms with Crippen LogP contribution in [-0.2, 0) is 26.2 Å². The maximum absolute atomic E-state index is 12.4. The van der Waals surface area contributed by atoms with Crippen LogP contribution in [0.3, 0.4) is 0 Å². The van der Waals surface area contributed by atoms with E-state index in [4.69, 9.17) is 13.9 Å². The zero-order valence-corrected chi connectivity index (χ0v) is 17.7. The smallest absolute Gasteiger partial charge is 0.324 e. The molecule has 154 valence electrons. The van der Waals surface area contributed by atoms with Gasteiger partial charge >= 0.3 is 5.97 Å². The van der Waals surface area contributed by atoms with Gasteiger partial charge in [-0.25, -0.2) is 13.4 Å². The number of aryl methyl sites for hydroxylation is 1. The molecule has 0 saturated heterocycles. The van der Waals surface area contributed by atoms with Crippen LogP contribution in [0.25, 0.3) is 10.8 Å². The number of methoxy groups -OCH3 is 1. The third-order valence-electron chi connectivity index (χ3n) is 4.03. The highest BCUT2D eigenvalue weighted by molar-refractivity contribution is 7.89. The minimum absolute atomic E-state index is 0.0193. The number of nitrogens with zero attached hydrogens (tertiary/aromatic N) is 1. The maximum atomic E-state index is 12.4. The number of nitrogens with one attached hydrogen (secondary N) is 1. The van der Waals surface area contributed by atoms with Crippen LogP contribution in [-0.4, -0.2) is 32.5 Å². The first-order chi connectivity index (χ1) is 13.8. The fraction of sp³-hybridized carbons (Fsp3) is 0.263. The van der Waals surface area contributed by atoms with Gasteiger partial charge in [0.1, 0.15) is 29.9 Å². The molecule has 3 rings (SSSR count). The largest absolute Gasteiger partial charge is 0.497 e. The lowest BCUT2D eigenvalue weighted by molar-refractivity contribution is -0.146. The molecule has 1 aromatic carbocycles. The Labute approximate surface area is 172 Å². The van der Waals surface area contributed by atoms with Crippen molar-refractivity contribution in [2.75, 3.05) is 7.11 Å². The number of hydrogen-bond donors (Lipinski definition) is 1. The number of thiophene rings is 1. The topological polar surface area (TPSA) is 108 Å². The molecule has 0 radical (unpaired) electrons. The molecule has 3 aromatic rings. The second-order valence-corrected chi connectivity index (χ2v) is 8.79. The second-order valence-electron chi connectivity index (χ2n) is 6.13. The molecule has 0 bridgehead atoms. The van der Waals surface area contributed by atoms with Crippen LogP contribution in [0.2, 0.25) is 0 Å². The van der Waals surface area contributed by atoms with Crippen molar-refractivity contribution in [2.45, 2.75) is 31.4 Å². The van der Waals surface area contributed by atoms with E-state index < -0.39 is 22.0 Å². The van der Waals surface area contributed by atoms with E-state index in [9.17, 15) is 13.2 Å². The average molecular weight is 437 g/mol. The molecular weight excluding hydrogens is 416 g/mol. The summed E-state index contributed by atoms with van der Waals surface area (Å²) >= 11 is 1.49. The number of carbonyl (C=O) groups is 1. The highest BCUT2D eigenvalue weighted by Gasteiger charge is 2.24. The van der Waals surface area contributed by atoms with Crippen molar-refractivity contribution in [3.63, 3.8) is 0 Å². The zero-order valence-electron chi connectivity index (χ0n) is 16.0. The summed E-state index contributed by atoms with van der Waals surface area (Å²) in [7, 11) is -2.40. The Morgan fingerprint density at radius 1 is 1.28 bits per heavy atom. The van der Waals surface area contributed by atoms with E-state index >= 15 is 0 Å². The lowest BCUT2D eigenvalue weighted by Crippen LogP contribution is -2.39. The predicted octanol–water partition coefficient (Wildman–Crippen LogP) is 3.13. The highest BCUT2D eigenvalue weighted by atomic mass is 32.2. The Kier molecular flexibility index (Phi) is 6.36. The highest BCUT2D eigenvalue weighted by Crippen LogP contribution is 2.26. The molecule has 0 saturated carbocycles. The van der Waals surface area contributed by atoms with Gasteiger partial charge in [0.15, 0.2) is 0 Å². The molecule has 0 aliphatic rings. The number of carbonyl (C=O) groups excluding carboxylic acids is 1. The van der Waals surface area contributed by atoms with Gasteiger partial charge in [-0.15, -0.1) is 11.3 Å². The van der Waals surface area contributed by atoms with Gasteiger partial charge in [-0.3, -0.25) is 4.79 Å². The van der Waals surface area contributed by atoms with Gasteiger partial charge in [-0.05, 0) is 49.6 Å². The van der Waals surface area contributed by atoms with Crippen molar-refractivity contribution >= 4 is 27.3 Å². The molecule has 1 N–H and O–H groups in total. The Balaban J connectivity index is 1.60. The number of oxazole rings is 1. The summed E-state index contributed by atoms with van der Waals surface area (Å²) in [5.74, 6) is 0.799. The van der Waals surface area contributed by atoms with Crippen LogP contribution in [0.1, 0.15) is 18.4 Å². The SMILES string of the molecule is COc1ccc(S(=O)(=O)N[C@H](C)C(=O)OCc2nc(-c3cccs3)oc2C)cc1. The fourth-order valence-electron chi connectivity index (χ4n) is 2.44. The first-order valence-electron chi connectivity index (χ1n) is 8.63. The van der Waals surface area contributed by atoms with Gasteiger partial charge in [0.25, 0.3) is 0 Å². The normalized spacial score (nSPS) is 12.5. The standard InChI is InChI=1S/C19H20N2O6S2/c1-12(21-29(23,24)15-8-6-14(25-3)7-9-15)19(22)26-11-16-13(2)27-18(20-16)17-5-4-10-28-17/h4-10,12,21H,11H2,1-3H3/t12-/m1/s1. The van der Waals surface area contributed by atoms with E-state index in [2.05, 4.69) is 9.71 Å². The summed E-state index contributed by atoms with van der Waals surface area (Å²) in [6.07, 6.45) is 0. The number of rotatable bonds is 8. The quantitative estimate of drug-likeness (QED) is 0.541. The maximum Gasteiger partial charge on any atom is 0.324 e. The zero-order chi connectivity index (χ0) is 21.0. The van der Waals surface area contributed by atoms with Gasteiger partial charge < -0.3 is 13.9 Å². The summed E-state index contributed by atoms with van der Waals surface area (Å²) in [5, 5.41) is 1.91. The Morgan fingerprint density at radius 3 is 2.62 bits per heavy atom. The molecular formula is C19H20N2O6S2. The Bertz CT molecular complexity index is 1070. The van der Waals surface area contributed by atoms with Gasteiger partial charge in [0.05, 0.1) is 16.9 Å². The van der Waals surface area contributed by atoms with E-state index in [-0.39, 0.29) is 11.5 Å². The van der Waals surface area contributed by atoms with Gasteiger partial charge in [0.2, 0.25) is 15.9 Å². The molecule has 0 unspecified atom stereocenters. The minimum atomic E-state index is -3.89. The molecule has 0 amide bonds. The van der Waals surface area contributed by atoms with Crippen LogP contribution in [0.4, 0.5) is 0 Å². The molecule has 2 aromatic heterocycles. The van der Waals surface area contributed by atoms with E-state index in [0.717, 1.165) is 4.88 Å². The number of ether oxygens (including phenoxy) is 2. The van der Waals surface area contributed by atoms with Crippen LogP contribution >= 0.6 is 11.3 Å². The van der Waals surface area contributed by atoms with Crippen LogP contribution in [0, 0.1) is 6.92 Å². The lowest BCUT2D eigenvalue weighted by Gasteiger charge is -2.13. The summed E-state index contributed by atoms with van der Waals surface area (Å²) in [4.78, 5) is 17.5. The number of benzene rings is 1. The van der Waals surface area contributed by atoms with Crippen LogP contribution in [0.15, 0.2) is 51.1 Å². The van der Waals surface area contributed by atoms with E-state index in [1.807, 2.05) is 17.5 Å². The molecule has 0 fully saturated rings. The van der Waals surface area contributed by atoms with Crippen molar-refractivity contribution < 1.29 is 27.1 Å². The van der Waals surface area contributed by atoms with Crippen molar-refractivity contribution in [3.05, 3.63) is 53.2 Å². The summed E-state index contributed by atoms with van der Waals surface area (Å²) < 4.78 is 43.0. The first kappa shape index (κ1) is 21.0. The van der Waals surface area contributed by atoms with Gasteiger partial charge in [-0.2, -0.15) is 4.72 Å². The number of aromatic nitrogens is 1. The molecule has 0 aliphatic heterocycles. The third kappa shape index (κ3) is 5.03. The molecule has 8 nitrogen and oxygen atoms in total. The molecule has 10 heteroatoms. The third-order valence-corrected chi connectivity index (χ3v) is 6.45. The van der Waals surface area contributed by atoms with Crippen molar-refractivity contribution in [1.29, 1.82) is 0 Å². The molecule has 1 atom stereocenters. The first-order valence-corrected chi connectivity index (χ1v) is 11.0. The molecule has 0 spiro atoms. The van der Waals surface area contributed by atoms with Gasteiger partial charge in [-0.1, -0.05) is 6.07 Å². The van der Waals surface area contributed by atoms with E-state index in [1.54, 1.807) is 6.92 Å². The predicted molar refractivity (Wildman–Crippen MR) is 107 cm³/mol. The van der Waals surface area contributed by atoms with Crippen LogP contribution < -0.4 is 9.46 Å². The number of esters is 1. The summed E-state index contributed by atoms with van der Waals surface area (Å²) in [5.41, 5.74) is 0.479. The van der Waals surface area contributed by atoms with Crippen molar-refractivity contribution in [3.8, 4) is 16.5 Å². The number of sulfonamides is 1. The molecule has 0 aliphatic carbocycles. The van der Waals surface area contributed by atoms with Crippen molar-refractivity contribution in [2.24, 2.45) is 0 Å². The Morgan fingerprint density at radius 2 is 2.00 bits per heavy atom. The molecule has 2 heterocycles. The Hall–Kier alpha value is -2.69. The molecule has 29 heavy (non-hydrogen) atoms. The van der Waals surface area contributed by atoms with Gasteiger partial charge in [0, 0.05) is 0 Å². The number of hydrogen-bond acceptors (Lipinski definition) is 8. The minimum Gasteiger partial charge on any atom is -0.497 e. The second kappa shape index (κ2) is 8.76. The fourth-order valence-corrected chi connectivity index (χ4v) is 4.28. The summed E-state index contributed by atoms with van der Waals surface area (Å²) in [6, 6.07) is 8.52. The monoisotopic (exact) mass is 436 g/mol. The average Bonchev–Trinajstić information content (AvgIpc) is 3.35. The van der Waals surface area contributed by atoms with E-state index in [0.29, 0.717) is 23.1 Å². The van der Waals surface area contributed by atoms with Crippen molar-refractivity contribution in [1.82, 2.24) is 9.71 Å².